The third-order valence-electron chi connectivity index (χ3n) is 5.16. The van der Waals surface area contributed by atoms with Crippen molar-refractivity contribution >= 4 is 38.7 Å². The lowest BCUT2D eigenvalue weighted by molar-refractivity contribution is -0.120. The quantitative estimate of drug-likeness (QED) is 0.464. The van der Waals surface area contributed by atoms with E-state index in [0.717, 1.165) is 22.8 Å². The van der Waals surface area contributed by atoms with Gasteiger partial charge in [-0.1, -0.05) is 30.3 Å². The molecule has 2 heterocycles. The molecule has 8 nitrogen and oxygen atoms in total. The zero-order chi connectivity index (χ0) is 22.1. The number of fused-ring (bicyclic) bond motifs is 2. The number of carbonyl (C=O) groups excluding carboxylic acids is 1. The van der Waals surface area contributed by atoms with Gasteiger partial charge >= 0.3 is 0 Å². The predicted molar refractivity (Wildman–Crippen MR) is 118 cm³/mol. The van der Waals surface area contributed by atoms with Crippen molar-refractivity contribution in [2.75, 3.05) is 6.79 Å². The van der Waals surface area contributed by atoms with Crippen LogP contribution in [0.2, 0.25) is 0 Å². The molecule has 3 aromatic carbocycles. The number of benzene rings is 3. The van der Waals surface area contributed by atoms with Gasteiger partial charge < -0.3 is 9.47 Å². The minimum Gasteiger partial charge on any atom is -0.454 e. The molecular weight excluding hydrogens is 450 g/mol. The van der Waals surface area contributed by atoms with Crippen LogP contribution in [0.4, 0.5) is 0 Å². The van der Waals surface area contributed by atoms with Gasteiger partial charge in [-0.2, -0.15) is 8.75 Å². The number of carbonyl (C=O) groups is 1. The molecule has 0 aliphatic carbocycles. The number of nitrogens with zero attached hydrogens (tertiary/aromatic N) is 2. The van der Waals surface area contributed by atoms with Crippen LogP contribution in [0, 0.1) is 0 Å². The number of nitrogens with one attached hydrogen (secondary N) is 1. The number of hydrogen-bond acceptors (Lipinski definition) is 8. The molecule has 1 amide bonds. The monoisotopic (exact) mass is 467 g/mol. The van der Waals surface area contributed by atoms with Crippen LogP contribution in [0.25, 0.3) is 11.0 Å². The summed E-state index contributed by atoms with van der Waals surface area (Å²) >= 11 is 1.08. The zero-order valence-corrected chi connectivity index (χ0v) is 18.2. The lowest BCUT2D eigenvalue weighted by Crippen LogP contribution is -2.35. The van der Waals surface area contributed by atoms with Crippen LogP contribution >= 0.6 is 11.7 Å². The smallest absolute Gasteiger partial charge is 0.264 e. The lowest BCUT2D eigenvalue weighted by atomic mass is 9.91. The largest absolute Gasteiger partial charge is 0.454 e. The summed E-state index contributed by atoms with van der Waals surface area (Å²) in [5.41, 5.74) is 2.83. The van der Waals surface area contributed by atoms with Crippen LogP contribution in [0.3, 0.4) is 0 Å². The molecule has 0 spiro atoms. The van der Waals surface area contributed by atoms with Gasteiger partial charge in [-0.05, 0) is 53.9 Å². The first-order valence-corrected chi connectivity index (χ1v) is 11.9. The molecule has 4 aromatic rings. The molecule has 1 atom stereocenters. The van der Waals surface area contributed by atoms with Crippen molar-refractivity contribution in [1.29, 1.82) is 0 Å². The Morgan fingerprint density at radius 3 is 2.59 bits per heavy atom. The van der Waals surface area contributed by atoms with E-state index in [1.165, 1.54) is 12.1 Å². The van der Waals surface area contributed by atoms with Crippen molar-refractivity contribution in [3.8, 4) is 11.5 Å². The van der Waals surface area contributed by atoms with Crippen molar-refractivity contribution in [3.05, 3.63) is 77.9 Å². The fourth-order valence-corrected chi connectivity index (χ4v) is 5.10. The maximum Gasteiger partial charge on any atom is 0.264 e. The minimum atomic E-state index is -4.02. The predicted octanol–water partition coefficient (Wildman–Crippen LogP) is 3.25. The SMILES string of the molecule is O=C(NS(=O)(=O)c1ccccc1)C(Cc1ccc2c(c1)OCO2)c1ccc2nsnc2c1. The van der Waals surface area contributed by atoms with Crippen molar-refractivity contribution < 1.29 is 22.7 Å². The third-order valence-corrected chi connectivity index (χ3v) is 7.08. The number of aromatic nitrogens is 2. The lowest BCUT2D eigenvalue weighted by Gasteiger charge is -2.18. The van der Waals surface area contributed by atoms with Crippen LogP contribution < -0.4 is 14.2 Å². The maximum atomic E-state index is 13.3. The van der Waals surface area contributed by atoms with Crippen LogP contribution in [-0.4, -0.2) is 29.9 Å². The summed E-state index contributed by atoms with van der Waals surface area (Å²) in [7, 11) is -4.02. The van der Waals surface area contributed by atoms with Crippen LogP contribution in [0.15, 0.2) is 71.6 Å². The van der Waals surface area contributed by atoms with E-state index < -0.39 is 21.8 Å². The second-order valence-corrected chi connectivity index (χ2v) is 9.45. The Hall–Kier alpha value is -3.50. The molecule has 10 heteroatoms. The second-order valence-electron chi connectivity index (χ2n) is 7.24. The standard InChI is InChI=1S/C22H17N3O5S2/c26-22(25-32(27,28)16-4-2-1-3-5-16)17(15-7-8-18-19(12-15)24-31-23-18)10-14-6-9-20-21(11-14)30-13-29-20/h1-9,11-12,17H,10,13H2,(H,25,26). The van der Waals surface area contributed by atoms with Crippen molar-refractivity contribution in [3.63, 3.8) is 0 Å². The topological polar surface area (TPSA) is 107 Å². The molecular formula is C22H17N3O5S2. The molecule has 32 heavy (non-hydrogen) atoms. The average molecular weight is 468 g/mol. The minimum absolute atomic E-state index is 0.0225. The highest BCUT2D eigenvalue weighted by Crippen LogP contribution is 2.34. The molecule has 0 fully saturated rings. The van der Waals surface area contributed by atoms with E-state index in [4.69, 9.17) is 9.47 Å². The summed E-state index contributed by atoms with van der Waals surface area (Å²) in [5, 5.41) is 0. The van der Waals surface area contributed by atoms with Crippen LogP contribution in [0.1, 0.15) is 17.0 Å². The number of hydrogen-bond donors (Lipinski definition) is 1. The average Bonchev–Trinajstić information content (AvgIpc) is 3.46. The van der Waals surface area contributed by atoms with E-state index in [1.54, 1.807) is 48.5 Å². The summed E-state index contributed by atoms with van der Waals surface area (Å²) < 4.78 is 47.0. The van der Waals surface area contributed by atoms with E-state index in [0.29, 0.717) is 22.6 Å². The van der Waals surface area contributed by atoms with Crippen LogP contribution in [-0.2, 0) is 21.2 Å². The maximum absolute atomic E-state index is 13.3. The molecule has 5 rings (SSSR count). The van der Waals surface area contributed by atoms with Crippen molar-refractivity contribution in [1.82, 2.24) is 13.5 Å². The third kappa shape index (κ3) is 4.02. The number of sulfonamides is 1. The number of rotatable bonds is 6. The van der Waals surface area contributed by atoms with Crippen molar-refractivity contribution in [2.45, 2.75) is 17.2 Å². The van der Waals surface area contributed by atoms with Gasteiger partial charge in [-0.15, -0.1) is 0 Å². The van der Waals surface area contributed by atoms with Crippen molar-refractivity contribution in [2.24, 2.45) is 0 Å². The van der Waals surface area contributed by atoms with Gasteiger partial charge in [-0.3, -0.25) is 4.79 Å². The molecule has 1 N–H and O–H groups in total. The summed E-state index contributed by atoms with van der Waals surface area (Å²) in [6.45, 7) is 0.144. The molecule has 0 saturated carbocycles. The summed E-state index contributed by atoms with van der Waals surface area (Å²) in [5.74, 6) is -0.178. The van der Waals surface area contributed by atoms with E-state index in [9.17, 15) is 13.2 Å². The summed E-state index contributed by atoms with van der Waals surface area (Å²) in [6, 6.07) is 18.5. The first-order valence-electron chi connectivity index (χ1n) is 9.72. The first-order chi connectivity index (χ1) is 15.5. The fraction of sp³-hybridized carbons (Fsp3) is 0.136. The highest BCUT2D eigenvalue weighted by Gasteiger charge is 2.27. The first kappa shape index (κ1) is 20.4. The molecule has 0 saturated heterocycles. The Kier molecular flexibility index (Phi) is 5.24. The van der Waals surface area contributed by atoms with Gasteiger partial charge in [0.15, 0.2) is 11.5 Å². The highest BCUT2D eigenvalue weighted by atomic mass is 32.2. The molecule has 0 bridgehead atoms. The Labute approximate surface area is 188 Å². The molecule has 1 aliphatic heterocycles. The Balaban J connectivity index is 1.49. The summed E-state index contributed by atoms with van der Waals surface area (Å²) in [6.07, 6.45) is 0.260. The zero-order valence-electron chi connectivity index (χ0n) is 16.6. The Morgan fingerprint density at radius 2 is 1.75 bits per heavy atom. The summed E-state index contributed by atoms with van der Waals surface area (Å²) in [4.78, 5) is 13.3. The van der Waals surface area contributed by atoms with Gasteiger partial charge in [0.1, 0.15) is 11.0 Å². The van der Waals surface area contributed by atoms with Gasteiger partial charge in [0.25, 0.3) is 10.0 Å². The molecule has 1 aromatic heterocycles. The molecule has 1 unspecified atom stereocenters. The van der Waals surface area contributed by atoms with Gasteiger partial charge in [-0.25, -0.2) is 13.1 Å². The molecule has 162 valence electrons. The van der Waals surface area contributed by atoms with Gasteiger partial charge in [0.05, 0.1) is 22.5 Å². The Morgan fingerprint density at radius 1 is 0.969 bits per heavy atom. The van der Waals surface area contributed by atoms with Crippen LogP contribution in [0.5, 0.6) is 11.5 Å². The molecule has 0 radical (unpaired) electrons. The van der Waals surface area contributed by atoms with Gasteiger partial charge in [0.2, 0.25) is 12.7 Å². The molecule has 1 aliphatic rings. The van der Waals surface area contributed by atoms with E-state index >= 15 is 0 Å². The second kappa shape index (κ2) is 8.21. The fourth-order valence-electron chi connectivity index (χ4n) is 3.54. The van der Waals surface area contributed by atoms with Gasteiger partial charge in [0, 0.05) is 0 Å². The normalized spacial score (nSPS) is 13.8. The van der Waals surface area contributed by atoms with E-state index in [2.05, 4.69) is 13.5 Å². The number of amides is 1. The van der Waals surface area contributed by atoms with E-state index in [-0.39, 0.29) is 18.1 Å². The highest BCUT2D eigenvalue weighted by molar-refractivity contribution is 7.90. The number of ether oxygens (including phenoxy) is 2. The van der Waals surface area contributed by atoms with E-state index in [1.807, 2.05) is 6.07 Å². The Bertz CT molecular complexity index is 1400.